The molecular weight excluding hydrogens is 228 g/mol. The molecule has 1 heterocycles. The summed E-state index contributed by atoms with van der Waals surface area (Å²) in [6.45, 7) is 3.42. The maximum Gasteiger partial charge on any atom is 0.250 e. The summed E-state index contributed by atoms with van der Waals surface area (Å²) < 4.78 is 27.3. The van der Waals surface area contributed by atoms with E-state index in [4.69, 9.17) is 5.26 Å². The molecule has 0 aliphatic heterocycles. The molecule has 7 heteroatoms. The normalized spacial score (nSPS) is 13.1. The Kier molecular flexibility index (Phi) is 3.55. The number of hydrogen-bond donors (Lipinski definition) is 1. The molecule has 6 nitrogen and oxygen atoms in total. The number of nitriles is 1. The van der Waals surface area contributed by atoms with Crippen LogP contribution < -0.4 is 4.72 Å². The van der Waals surface area contributed by atoms with E-state index in [0.717, 1.165) is 0 Å². The number of anilines is 1. The molecule has 0 bridgehead atoms. The van der Waals surface area contributed by atoms with Crippen LogP contribution in [0.2, 0.25) is 0 Å². The van der Waals surface area contributed by atoms with Crippen LogP contribution in [0.5, 0.6) is 0 Å². The number of aromatic nitrogens is 2. The predicted octanol–water partition coefficient (Wildman–Crippen LogP) is 0.772. The Morgan fingerprint density at radius 1 is 1.69 bits per heavy atom. The number of nitrogens with one attached hydrogen (secondary N) is 1. The first kappa shape index (κ1) is 12.5. The second-order valence-corrected chi connectivity index (χ2v) is 5.33. The molecule has 1 unspecified atom stereocenters. The van der Waals surface area contributed by atoms with E-state index >= 15 is 0 Å². The van der Waals surface area contributed by atoms with Gasteiger partial charge in [-0.05, 0) is 13.3 Å². The molecule has 1 aromatic rings. The van der Waals surface area contributed by atoms with Crippen LogP contribution in [0.1, 0.15) is 19.0 Å². The van der Waals surface area contributed by atoms with Crippen LogP contribution in [0.4, 0.5) is 5.82 Å². The van der Waals surface area contributed by atoms with Gasteiger partial charge in [0.05, 0.1) is 11.8 Å². The minimum Gasteiger partial charge on any atom is -0.266 e. The van der Waals surface area contributed by atoms with E-state index in [0.29, 0.717) is 11.5 Å². The minimum atomic E-state index is -3.66. The van der Waals surface area contributed by atoms with Gasteiger partial charge in [0.1, 0.15) is 5.82 Å². The van der Waals surface area contributed by atoms with Crippen LogP contribution in [0, 0.1) is 18.3 Å². The van der Waals surface area contributed by atoms with E-state index in [1.807, 2.05) is 0 Å². The molecule has 0 aliphatic rings. The van der Waals surface area contributed by atoms with Crippen molar-refractivity contribution in [2.24, 2.45) is 7.05 Å². The lowest BCUT2D eigenvalue weighted by Gasteiger charge is -2.10. The molecule has 0 saturated carbocycles. The fourth-order valence-electron chi connectivity index (χ4n) is 1.30. The van der Waals surface area contributed by atoms with Gasteiger partial charge in [0.15, 0.2) is 5.25 Å². The van der Waals surface area contributed by atoms with Crippen LogP contribution in [0.15, 0.2) is 6.07 Å². The van der Waals surface area contributed by atoms with Crippen LogP contribution in [0.3, 0.4) is 0 Å². The Balaban J connectivity index is 2.98. The summed E-state index contributed by atoms with van der Waals surface area (Å²) >= 11 is 0. The highest BCUT2D eigenvalue weighted by molar-refractivity contribution is 7.93. The van der Waals surface area contributed by atoms with Crippen LogP contribution in [0.25, 0.3) is 0 Å². The van der Waals surface area contributed by atoms with Crippen molar-refractivity contribution >= 4 is 15.8 Å². The smallest absolute Gasteiger partial charge is 0.250 e. The summed E-state index contributed by atoms with van der Waals surface area (Å²) in [5.74, 6) is 0.367. The minimum absolute atomic E-state index is 0.253. The van der Waals surface area contributed by atoms with Crippen molar-refractivity contribution < 1.29 is 8.42 Å². The molecule has 1 rings (SSSR count). The molecular formula is C9H14N4O2S. The van der Waals surface area contributed by atoms with Crippen LogP contribution in [-0.4, -0.2) is 23.4 Å². The van der Waals surface area contributed by atoms with Gasteiger partial charge in [-0.1, -0.05) is 6.92 Å². The monoisotopic (exact) mass is 242 g/mol. The molecule has 16 heavy (non-hydrogen) atoms. The van der Waals surface area contributed by atoms with E-state index < -0.39 is 15.3 Å². The Morgan fingerprint density at radius 3 is 2.69 bits per heavy atom. The van der Waals surface area contributed by atoms with Gasteiger partial charge < -0.3 is 0 Å². The highest BCUT2D eigenvalue weighted by Gasteiger charge is 2.24. The van der Waals surface area contributed by atoms with E-state index in [-0.39, 0.29) is 6.42 Å². The van der Waals surface area contributed by atoms with Crippen molar-refractivity contribution in [2.75, 3.05) is 4.72 Å². The molecule has 0 radical (unpaired) electrons. The Hall–Kier alpha value is -1.55. The SMILES string of the molecule is CCC(C#N)S(=O)(=O)Nc1cc(C)nn1C. The van der Waals surface area contributed by atoms with E-state index in [9.17, 15) is 8.42 Å². The maximum atomic E-state index is 11.7. The fourth-order valence-corrected chi connectivity index (χ4v) is 2.51. The fraction of sp³-hybridized carbons (Fsp3) is 0.556. The van der Waals surface area contributed by atoms with Crippen molar-refractivity contribution in [3.8, 4) is 6.07 Å². The standard InChI is InChI=1S/C9H14N4O2S/c1-4-8(6-10)16(14,15)12-9-5-7(2)11-13(9)3/h5,8,12H,4H2,1-3H3. The first-order valence-electron chi connectivity index (χ1n) is 4.82. The zero-order valence-electron chi connectivity index (χ0n) is 9.43. The second kappa shape index (κ2) is 4.53. The van der Waals surface area contributed by atoms with Gasteiger partial charge in [-0.15, -0.1) is 0 Å². The maximum absolute atomic E-state index is 11.7. The molecule has 1 atom stereocenters. The lowest BCUT2D eigenvalue weighted by atomic mass is 10.4. The summed E-state index contributed by atoms with van der Waals surface area (Å²) in [5.41, 5.74) is 0.713. The summed E-state index contributed by atoms with van der Waals surface area (Å²) in [5, 5.41) is 11.7. The van der Waals surface area contributed by atoms with Crippen molar-refractivity contribution in [3.63, 3.8) is 0 Å². The summed E-state index contributed by atoms with van der Waals surface area (Å²) in [7, 11) is -2.02. The number of hydrogen-bond acceptors (Lipinski definition) is 4. The number of rotatable bonds is 4. The highest BCUT2D eigenvalue weighted by atomic mass is 32.2. The van der Waals surface area contributed by atoms with Crippen LogP contribution >= 0.6 is 0 Å². The quantitative estimate of drug-likeness (QED) is 0.844. The molecule has 0 spiro atoms. The average molecular weight is 242 g/mol. The molecule has 0 amide bonds. The molecule has 0 aromatic carbocycles. The summed E-state index contributed by atoms with van der Waals surface area (Å²) in [6.07, 6.45) is 0.253. The number of nitrogens with zero attached hydrogens (tertiary/aromatic N) is 3. The lowest BCUT2D eigenvalue weighted by molar-refractivity contribution is 0.592. The molecule has 1 aromatic heterocycles. The summed E-state index contributed by atoms with van der Waals surface area (Å²) in [6, 6.07) is 3.37. The van der Waals surface area contributed by atoms with Gasteiger partial charge in [0.2, 0.25) is 10.0 Å². The van der Waals surface area contributed by atoms with E-state index in [1.54, 1.807) is 33.0 Å². The third-order valence-corrected chi connectivity index (χ3v) is 3.82. The van der Waals surface area contributed by atoms with Crippen molar-refractivity contribution in [3.05, 3.63) is 11.8 Å². The van der Waals surface area contributed by atoms with E-state index in [2.05, 4.69) is 9.82 Å². The Bertz CT molecular complexity index is 512. The lowest BCUT2D eigenvalue weighted by Crippen LogP contribution is -2.26. The van der Waals surface area contributed by atoms with Gasteiger partial charge >= 0.3 is 0 Å². The average Bonchev–Trinajstić information content (AvgIpc) is 2.45. The Labute approximate surface area is 94.9 Å². The zero-order valence-corrected chi connectivity index (χ0v) is 10.2. The highest BCUT2D eigenvalue weighted by Crippen LogP contribution is 2.13. The number of sulfonamides is 1. The van der Waals surface area contributed by atoms with Crippen molar-refractivity contribution in [2.45, 2.75) is 25.5 Å². The van der Waals surface area contributed by atoms with Gasteiger partial charge in [0, 0.05) is 13.1 Å². The van der Waals surface area contributed by atoms with Gasteiger partial charge in [0.25, 0.3) is 0 Å². The third kappa shape index (κ3) is 2.52. The molecule has 0 aliphatic carbocycles. The second-order valence-electron chi connectivity index (χ2n) is 3.47. The van der Waals surface area contributed by atoms with Crippen LogP contribution in [-0.2, 0) is 17.1 Å². The largest absolute Gasteiger partial charge is 0.266 e. The summed E-state index contributed by atoms with van der Waals surface area (Å²) in [4.78, 5) is 0. The molecule has 0 fully saturated rings. The number of aryl methyl sites for hydroxylation is 2. The topological polar surface area (TPSA) is 87.8 Å². The predicted molar refractivity (Wildman–Crippen MR) is 60.2 cm³/mol. The zero-order chi connectivity index (χ0) is 12.3. The van der Waals surface area contributed by atoms with Gasteiger partial charge in [-0.3, -0.25) is 9.40 Å². The van der Waals surface area contributed by atoms with E-state index in [1.165, 1.54) is 4.68 Å². The third-order valence-electron chi connectivity index (χ3n) is 2.14. The first-order valence-corrected chi connectivity index (χ1v) is 6.37. The Morgan fingerprint density at radius 2 is 2.31 bits per heavy atom. The van der Waals surface area contributed by atoms with Crippen molar-refractivity contribution in [1.82, 2.24) is 9.78 Å². The first-order chi connectivity index (χ1) is 7.40. The van der Waals surface area contributed by atoms with Crippen molar-refractivity contribution in [1.29, 1.82) is 5.26 Å². The van der Waals surface area contributed by atoms with Gasteiger partial charge in [-0.25, -0.2) is 8.42 Å². The molecule has 0 saturated heterocycles. The van der Waals surface area contributed by atoms with Gasteiger partial charge in [-0.2, -0.15) is 10.4 Å². The molecule has 1 N–H and O–H groups in total. The molecule has 88 valence electrons.